The summed E-state index contributed by atoms with van der Waals surface area (Å²) in [7, 11) is 0. The molecule has 0 aliphatic heterocycles. The van der Waals surface area contributed by atoms with Crippen molar-refractivity contribution in [3.63, 3.8) is 0 Å². The third kappa shape index (κ3) is 2.13. The van der Waals surface area contributed by atoms with Crippen LogP contribution in [-0.2, 0) is 0 Å². The Kier molecular flexibility index (Phi) is 3.03. The lowest BCUT2D eigenvalue weighted by molar-refractivity contribution is 0.478. The molecule has 0 saturated carbocycles. The van der Waals surface area contributed by atoms with Crippen LogP contribution in [0.4, 0.5) is 0 Å². The molecule has 0 bridgehead atoms. The highest BCUT2D eigenvalue weighted by Crippen LogP contribution is 2.38. The van der Waals surface area contributed by atoms with Gasteiger partial charge < -0.3 is 5.11 Å². The molecule has 19 heavy (non-hydrogen) atoms. The van der Waals surface area contributed by atoms with E-state index in [1.54, 1.807) is 6.07 Å². The molecule has 0 saturated heterocycles. The number of aryl methyl sites for hydroxylation is 1. The summed E-state index contributed by atoms with van der Waals surface area (Å²) in [5.41, 5.74) is 3.11. The molecular weight excluding hydrogens is 300 g/mol. The Morgan fingerprint density at radius 2 is 1.74 bits per heavy atom. The van der Waals surface area contributed by atoms with Gasteiger partial charge in [-0.05, 0) is 47.0 Å². The molecule has 1 nitrogen and oxygen atoms in total. The Morgan fingerprint density at radius 1 is 0.947 bits per heavy atom. The maximum Gasteiger partial charge on any atom is 0.124 e. The van der Waals surface area contributed by atoms with Gasteiger partial charge in [-0.3, -0.25) is 0 Å². The highest BCUT2D eigenvalue weighted by Gasteiger charge is 2.11. The van der Waals surface area contributed by atoms with Gasteiger partial charge in [0, 0.05) is 10.0 Å². The Balaban J connectivity index is 2.41. The fourth-order valence-corrected chi connectivity index (χ4v) is 2.77. The van der Waals surface area contributed by atoms with E-state index in [2.05, 4.69) is 41.1 Å². The molecular formula is C17H13BrO. The molecule has 0 aliphatic rings. The molecule has 0 radical (unpaired) electrons. The molecule has 3 aromatic carbocycles. The number of hydrogen-bond acceptors (Lipinski definition) is 1. The van der Waals surface area contributed by atoms with Gasteiger partial charge in [-0.15, -0.1) is 0 Å². The topological polar surface area (TPSA) is 20.2 Å². The molecule has 0 atom stereocenters. The number of rotatable bonds is 1. The van der Waals surface area contributed by atoms with Crippen LogP contribution in [0, 0.1) is 6.92 Å². The van der Waals surface area contributed by atoms with Gasteiger partial charge >= 0.3 is 0 Å². The molecule has 3 aromatic rings. The van der Waals surface area contributed by atoms with Crippen LogP contribution < -0.4 is 0 Å². The van der Waals surface area contributed by atoms with Crippen LogP contribution in [0.1, 0.15) is 5.56 Å². The fourth-order valence-electron chi connectivity index (χ4n) is 2.41. The van der Waals surface area contributed by atoms with Gasteiger partial charge in [-0.1, -0.05) is 52.3 Å². The van der Waals surface area contributed by atoms with Gasteiger partial charge in [0.15, 0.2) is 0 Å². The first kappa shape index (κ1) is 12.2. The monoisotopic (exact) mass is 312 g/mol. The van der Waals surface area contributed by atoms with Crippen LogP contribution in [0.25, 0.3) is 21.9 Å². The van der Waals surface area contributed by atoms with Crippen LogP contribution in [0.5, 0.6) is 5.75 Å². The normalized spacial score (nSPS) is 10.8. The van der Waals surface area contributed by atoms with Crippen molar-refractivity contribution in [3.05, 3.63) is 64.6 Å². The van der Waals surface area contributed by atoms with Crippen LogP contribution in [0.15, 0.2) is 59.1 Å². The van der Waals surface area contributed by atoms with E-state index in [1.165, 1.54) is 0 Å². The van der Waals surface area contributed by atoms with Crippen molar-refractivity contribution in [2.45, 2.75) is 6.92 Å². The average molecular weight is 313 g/mol. The number of hydrogen-bond donors (Lipinski definition) is 1. The second-order valence-electron chi connectivity index (χ2n) is 4.64. The Bertz CT molecular complexity index is 762. The largest absolute Gasteiger partial charge is 0.507 e. The van der Waals surface area contributed by atoms with Crippen molar-refractivity contribution in [1.82, 2.24) is 0 Å². The zero-order valence-electron chi connectivity index (χ0n) is 10.5. The van der Waals surface area contributed by atoms with Crippen LogP contribution in [-0.4, -0.2) is 5.11 Å². The summed E-state index contributed by atoms with van der Waals surface area (Å²) in [5.74, 6) is 0.319. The SMILES string of the molecule is Cc1ccc(Br)cc1-c1c(O)ccc2ccccc12. The maximum absolute atomic E-state index is 10.3. The zero-order chi connectivity index (χ0) is 13.4. The maximum atomic E-state index is 10.3. The Morgan fingerprint density at radius 3 is 2.58 bits per heavy atom. The lowest BCUT2D eigenvalue weighted by atomic mass is 9.94. The van der Waals surface area contributed by atoms with Gasteiger partial charge in [-0.25, -0.2) is 0 Å². The van der Waals surface area contributed by atoms with E-state index in [4.69, 9.17) is 0 Å². The minimum absolute atomic E-state index is 0.319. The Hall–Kier alpha value is -1.80. The molecule has 1 N–H and O–H groups in total. The first-order valence-electron chi connectivity index (χ1n) is 6.14. The number of phenolic OH excluding ortho intramolecular Hbond substituents is 1. The van der Waals surface area contributed by atoms with E-state index in [0.29, 0.717) is 5.75 Å². The number of benzene rings is 3. The molecule has 0 heterocycles. The highest BCUT2D eigenvalue weighted by atomic mass is 79.9. The highest BCUT2D eigenvalue weighted by molar-refractivity contribution is 9.10. The first-order chi connectivity index (χ1) is 9.16. The second-order valence-corrected chi connectivity index (χ2v) is 5.56. The van der Waals surface area contributed by atoms with Gasteiger partial charge in [0.1, 0.15) is 5.75 Å². The van der Waals surface area contributed by atoms with Gasteiger partial charge in [0.25, 0.3) is 0 Å². The van der Waals surface area contributed by atoms with Gasteiger partial charge in [0.2, 0.25) is 0 Å². The number of aromatic hydroxyl groups is 1. The third-order valence-electron chi connectivity index (χ3n) is 3.38. The molecule has 2 heteroatoms. The van der Waals surface area contributed by atoms with E-state index in [0.717, 1.165) is 31.9 Å². The van der Waals surface area contributed by atoms with E-state index < -0.39 is 0 Å². The molecule has 0 unspecified atom stereocenters. The summed E-state index contributed by atoms with van der Waals surface area (Å²) >= 11 is 3.50. The number of halogens is 1. The lowest BCUT2D eigenvalue weighted by Gasteiger charge is -2.12. The van der Waals surface area contributed by atoms with Crippen molar-refractivity contribution in [2.75, 3.05) is 0 Å². The standard InChI is InChI=1S/C17H13BrO/c1-11-6-8-13(18)10-15(11)17-14-5-3-2-4-12(14)7-9-16(17)19/h2-10,19H,1H3. The number of phenols is 1. The summed E-state index contributed by atoms with van der Waals surface area (Å²) in [6, 6.07) is 17.9. The summed E-state index contributed by atoms with van der Waals surface area (Å²) in [6.45, 7) is 2.06. The van der Waals surface area contributed by atoms with Crippen molar-refractivity contribution < 1.29 is 5.11 Å². The van der Waals surface area contributed by atoms with Gasteiger partial charge in [-0.2, -0.15) is 0 Å². The summed E-state index contributed by atoms with van der Waals surface area (Å²) in [4.78, 5) is 0. The van der Waals surface area contributed by atoms with Crippen molar-refractivity contribution in [2.24, 2.45) is 0 Å². The Labute approximate surface area is 120 Å². The minimum atomic E-state index is 0.319. The van der Waals surface area contributed by atoms with Gasteiger partial charge in [0.05, 0.1) is 0 Å². The van der Waals surface area contributed by atoms with Crippen LogP contribution in [0.3, 0.4) is 0 Å². The predicted octanol–water partition coefficient (Wildman–Crippen LogP) is 5.28. The lowest BCUT2D eigenvalue weighted by Crippen LogP contribution is -1.87. The van der Waals surface area contributed by atoms with Crippen LogP contribution in [0.2, 0.25) is 0 Å². The minimum Gasteiger partial charge on any atom is -0.507 e. The molecule has 3 rings (SSSR count). The molecule has 0 amide bonds. The smallest absolute Gasteiger partial charge is 0.124 e. The molecule has 0 aromatic heterocycles. The third-order valence-corrected chi connectivity index (χ3v) is 3.87. The van der Waals surface area contributed by atoms with Crippen LogP contribution >= 0.6 is 15.9 Å². The molecule has 0 fully saturated rings. The average Bonchev–Trinajstić information content (AvgIpc) is 2.42. The first-order valence-corrected chi connectivity index (χ1v) is 6.93. The van der Waals surface area contributed by atoms with E-state index >= 15 is 0 Å². The molecule has 0 aliphatic carbocycles. The van der Waals surface area contributed by atoms with Crippen molar-refractivity contribution in [1.29, 1.82) is 0 Å². The van der Waals surface area contributed by atoms with E-state index in [-0.39, 0.29) is 0 Å². The molecule has 94 valence electrons. The van der Waals surface area contributed by atoms with E-state index in [1.807, 2.05) is 30.3 Å². The van der Waals surface area contributed by atoms with E-state index in [9.17, 15) is 5.11 Å². The summed E-state index contributed by atoms with van der Waals surface area (Å²) in [5, 5.41) is 12.5. The summed E-state index contributed by atoms with van der Waals surface area (Å²) in [6.07, 6.45) is 0. The summed E-state index contributed by atoms with van der Waals surface area (Å²) < 4.78 is 1.01. The molecule has 0 spiro atoms. The fraction of sp³-hybridized carbons (Fsp3) is 0.0588. The predicted molar refractivity (Wildman–Crippen MR) is 83.5 cm³/mol. The zero-order valence-corrected chi connectivity index (χ0v) is 12.1. The second kappa shape index (κ2) is 4.71. The quantitative estimate of drug-likeness (QED) is 0.648. The van der Waals surface area contributed by atoms with Crippen molar-refractivity contribution >= 4 is 26.7 Å². The van der Waals surface area contributed by atoms with Crippen molar-refractivity contribution in [3.8, 4) is 16.9 Å². The number of fused-ring (bicyclic) bond motifs is 1.